The van der Waals surface area contributed by atoms with E-state index in [1.807, 2.05) is 12.1 Å². The fraction of sp³-hybridized carbons (Fsp3) is 0.294. The highest BCUT2D eigenvalue weighted by atomic mass is 35.5. The van der Waals surface area contributed by atoms with Crippen molar-refractivity contribution in [3.63, 3.8) is 0 Å². The molecule has 0 fully saturated rings. The van der Waals surface area contributed by atoms with Gasteiger partial charge in [0.25, 0.3) is 0 Å². The second-order valence-electron chi connectivity index (χ2n) is 5.38. The Bertz CT molecular complexity index is 576. The third-order valence-corrected chi connectivity index (χ3v) is 3.79. The lowest BCUT2D eigenvalue weighted by atomic mass is 10.00. The van der Waals surface area contributed by atoms with E-state index in [1.165, 1.54) is 5.56 Å². The Morgan fingerprint density at radius 3 is 2.00 bits per heavy atom. The average Bonchev–Trinajstić information content (AvgIpc) is 2.44. The molecule has 1 atom stereocenters. The molecule has 112 valence electrons. The van der Waals surface area contributed by atoms with E-state index in [9.17, 15) is 5.11 Å². The summed E-state index contributed by atoms with van der Waals surface area (Å²) in [4.78, 5) is 0. The van der Waals surface area contributed by atoms with Gasteiger partial charge < -0.3 is 10.4 Å². The maximum absolute atomic E-state index is 10.2. The Kier molecular flexibility index (Phi) is 5.51. The van der Waals surface area contributed by atoms with Gasteiger partial charge in [-0.25, -0.2) is 0 Å². The Hall–Kier alpha value is -1.22. The molecule has 2 aromatic carbocycles. The van der Waals surface area contributed by atoms with Crippen LogP contribution in [0.4, 0.5) is 5.69 Å². The molecule has 0 radical (unpaired) electrons. The maximum Gasteiger partial charge on any atom is 0.0962 e. The van der Waals surface area contributed by atoms with Crippen LogP contribution in [0.5, 0.6) is 0 Å². The molecule has 21 heavy (non-hydrogen) atoms. The van der Waals surface area contributed by atoms with E-state index < -0.39 is 6.10 Å². The number of benzene rings is 2. The number of aliphatic hydroxyl groups is 1. The molecule has 1 unspecified atom stereocenters. The van der Waals surface area contributed by atoms with Gasteiger partial charge in [0, 0.05) is 22.3 Å². The van der Waals surface area contributed by atoms with Crippen molar-refractivity contribution in [2.75, 3.05) is 11.9 Å². The topological polar surface area (TPSA) is 32.3 Å². The van der Waals surface area contributed by atoms with Crippen LogP contribution in [-0.4, -0.2) is 11.7 Å². The highest BCUT2D eigenvalue weighted by Gasteiger charge is 2.08. The molecular formula is C17H19Cl2NO. The van der Waals surface area contributed by atoms with Gasteiger partial charge in [0.1, 0.15) is 0 Å². The van der Waals surface area contributed by atoms with Crippen molar-refractivity contribution < 1.29 is 5.11 Å². The lowest BCUT2D eigenvalue weighted by Crippen LogP contribution is -2.12. The Morgan fingerprint density at radius 1 is 0.952 bits per heavy atom. The zero-order valence-electron chi connectivity index (χ0n) is 12.1. The highest BCUT2D eigenvalue weighted by Crippen LogP contribution is 2.24. The monoisotopic (exact) mass is 323 g/mol. The van der Waals surface area contributed by atoms with E-state index in [0.717, 1.165) is 11.3 Å². The smallest absolute Gasteiger partial charge is 0.0962 e. The summed E-state index contributed by atoms with van der Waals surface area (Å²) in [5.74, 6) is 0.489. The largest absolute Gasteiger partial charge is 0.387 e. The normalized spacial score (nSPS) is 12.5. The summed E-state index contributed by atoms with van der Waals surface area (Å²) in [6.07, 6.45) is -0.580. The molecule has 0 saturated heterocycles. The van der Waals surface area contributed by atoms with Crippen molar-refractivity contribution in [3.8, 4) is 0 Å². The van der Waals surface area contributed by atoms with Gasteiger partial charge in [-0.3, -0.25) is 0 Å². The van der Waals surface area contributed by atoms with E-state index in [1.54, 1.807) is 18.2 Å². The molecule has 0 bridgehead atoms. The van der Waals surface area contributed by atoms with Crippen LogP contribution in [0.25, 0.3) is 0 Å². The predicted octanol–water partition coefficient (Wildman–Crippen LogP) is 5.26. The van der Waals surface area contributed by atoms with Crippen LogP contribution in [0.3, 0.4) is 0 Å². The summed E-state index contributed by atoms with van der Waals surface area (Å²) in [7, 11) is 0. The molecule has 0 aliphatic heterocycles. The van der Waals surface area contributed by atoms with Crippen molar-refractivity contribution in [3.05, 3.63) is 63.6 Å². The van der Waals surface area contributed by atoms with E-state index >= 15 is 0 Å². The van der Waals surface area contributed by atoms with Crippen LogP contribution in [0, 0.1) is 0 Å². The van der Waals surface area contributed by atoms with Gasteiger partial charge >= 0.3 is 0 Å². The summed E-state index contributed by atoms with van der Waals surface area (Å²) in [5, 5.41) is 14.5. The summed E-state index contributed by atoms with van der Waals surface area (Å²) in [6, 6.07) is 13.3. The first kappa shape index (κ1) is 16.2. The van der Waals surface area contributed by atoms with E-state index in [4.69, 9.17) is 23.2 Å². The van der Waals surface area contributed by atoms with Gasteiger partial charge in [-0.2, -0.15) is 0 Å². The SMILES string of the molecule is CC(C)c1ccc(C(O)CNc2cc(Cl)cc(Cl)c2)cc1. The second-order valence-corrected chi connectivity index (χ2v) is 6.25. The molecule has 0 amide bonds. The van der Waals surface area contributed by atoms with Crippen molar-refractivity contribution >= 4 is 28.9 Å². The van der Waals surface area contributed by atoms with Crippen LogP contribution in [-0.2, 0) is 0 Å². The summed E-state index contributed by atoms with van der Waals surface area (Å²) >= 11 is 11.9. The van der Waals surface area contributed by atoms with E-state index in [2.05, 4.69) is 31.3 Å². The number of hydrogen-bond donors (Lipinski definition) is 2. The third kappa shape index (κ3) is 4.63. The van der Waals surface area contributed by atoms with Crippen molar-refractivity contribution in [2.45, 2.75) is 25.9 Å². The molecule has 0 heterocycles. The molecule has 0 aliphatic carbocycles. The molecule has 2 aromatic rings. The van der Waals surface area contributed by atoms with Crippen molar-refractivity contribution in [1.82, 2.24) is 0 Å². The minimum Gasteiger partial charge on any atom is -0.387 e. The lowest BCUT2D eigenvalue weighted by Gasteiger charge is -2.15. The summed E-state index contributed by atoms with van der Waals surface area (Å²) in [6.45, 7) is 4.70. The second kappa shape index (κ2) is 7.17. The molecule has 0 aromatic heterocycles. The summed E-state index contributed by atoms with van der Waals surface area (Å²) < 4.78 is 0. The zero-order chi connectivity index (χ0) is 15.4. The van der Waals surface area contributed by atoms with Crippen molar-refractivity contribution in [2.24, 2.45) is 0 Å². The average molecular weight is 324 g/mol. The third-order valence-electron chi connectivity index (χ3n) is 3.35. The molecule has 2 nitrogen and oxygen atoms in total. The minimum atomic E-state index is -0.580. The van der Waals surface area contributed by atoms with Gasteiger partial charge in [0.05, 0.1) is 6.10 Å². The lowest BCUT2D eigenvalue weighted by molar-refractivity contribution is 0.191. The quantitative estimate of drug-likeness (QED) is 0.786. The zero-order valence-corrected chi connectivity index (χ0v) is 13.6. The first-order valence-corrected chi connectivity index (χ1v) is 7.69. The Balaban J connectivity index is 1.99. The minimum absolute atomic E-state index is 0.400. The van der Waals surface area contributed by atoms with E-state index in [0.29, 0.717) is 22.5 Å². The van der Waals surface area contributed by atoms with Gasteiger partial charge in [-0.15, -0.1) is 0 Å². The molecule has 2 N–H and O–H groups in total. The van der Waals surface area contributed by atoms with Gasteiger partial charge in [-0.1, -0.05) is 61.3 Å². The fourth-order valence-electron chi connectivity index (χ4n) is 2.09. The maximum atomic E-state index is 10.2. The fourth-order valence-corrected chi connectivity index (χ4v) is 2.62. The van der Waals surface area contributed by atoms with Crippen molar-refractivity contribution in [1.29, 1.82) is 0 Å². The van der Waals surface area contributed by atoms with Crippen LogP contribution in [0.2, 0.25) is 10.0 Å². The predicted molar refractivity (Wildman–Crippen MR) is 90.4 cm³/mol. The number of rotatable bonds is 5. The van der Waals surface area contributed by atoms with Gasteiger partial charge in [0.2, 0.25) is 0 Å². The summed E-state index contributed by atoms with van der Waals surface area (Å²) in [5.41, 5.74) is 2.95. The number of hydrogen-bond acceptors (Lipinski definition) is 2. The number of anilines is 1. The molecule has 0 spiro atoms. The Morgan fingerprint density at radius 2 is 1.48 bits per heavy atom. The molecule has 2 rings (SSSR count). The van der Waals surface area contributed by atoms with Crippen LogP contribution >= 0.6 is 23.2 Å². The Labute approximate surface area is 135 Å². The standard InChI is InChI=1S/C17H19Cl2NO/c1-11(2)12-3-5-13(6-4-12)17(21)10-20-16-8-14(18)7-15(19)9-16/h3-9,11,17,20-21H,10H2,1-2H3. The first-order chi connectivity index (χ1) is 9.95. The molecule has 0 saturated carbocycles. The van der Waals surface area contributed by atoms with Gasteiger partial charge in [-0.05, 0) is 35.2 Å². The van der Waals surface area contributed by atoms with E-state index in [-0.39, 0.29) is 0 Å². The molecular weight excluding hydrogens is 305 g/mol. The van der Waals surface area contributed by atoms with Crippen LogP contribution in [0.15, 0.2) is 42.5 Å². The number of nitrogens with one attached hydrogen (secondary N) is 1. The first-order valence-electron chi connectivity index (χ1n) is 6.93. The molecule has 4 heteroatoms. The number of halogens is 2. The van der Waals surface area contributed by atoms with Crippen LogP contribution in [0.1, 0.15) is 37.0 Å². The van der Waals surface area contributed by atoms with Crippen LogP contribution < -0.4 is 5.32 Å². The molecule has 0 aliphatic rings. The number of aliphatic hydroxyl groups excluding tert-OH is 1. The van der Waals surface area contributed by atoms with Gasteiger partial charge in [0.15, 0.2) is 0 Å². The highest BCUT2D eigenvalue weighted by molar-refractivity contribution is 6.35.